The number of benzene rings is 1. The number of amides is 2. The zero-order valence-corrected chi connectivity index (χ0v) is 15.0. The van der Waals surface area contributed by atoms with Crippen molar-refractivity contribution >= 4 is 17.5 Å². The monoisotopic (exact) mass is 333 g/mol. The first-order valence-corrected chi connectivity index (χ1v) is 8.37. The second kappa shape index (κ2) is 7.66. The molecule has 0 bridgehead atoms. The van der Waals surface area contributed by atoms with Crippen molar-refractivity contribution in [1.82, 2.24) is 9.80 Å². The molecule has 6 nitrogen and oxygen atoms in total. The standard InChI is InChI=1S/C18H27N3O3/c1-5-24-15-9-7-6-8-14(15)19-16(22)18(2,3)17(23)21-12-10-20(4)11-13-21/h6-9H,5,10-13H2,1-4H3,(H,19,22). The lowest BCUT2D eigenvalue weighted by molar-refractivity contribution is -0.147. The molecular formula is C18H27N3O3. The van der Waals surface area contributed by atoms with Gasteiger partial charge in [-0.1, -0.05) is 12.1 Å². The number of anilines is 1. The molecule has 0 unspecified atom stereocenters. The van der Waals surface area contributed by atoms with Gasteiger partial charge in [0.05, 0.1) is 12.3 Å². The predicted octanol–water partition coefficient (Wildman–Crippen LogP) is 1.82. The molecule has 1 heterocycles. The third-order valence-electron chi connectivity index (χ3n) is 4.33. The van der Waals surface area contributed by atoms with Crippen molar-refractivity contribution in [2.75, 3.05) is 45.2 Å². The van der Waals surface area contributed by atoms with Crippen molar-refractivity contribution in [2.45, 2.75) is 20.8 Å². The van der Waals surface area contributed by atoms with Crippen molar-refractivity contribution in [3.05, 3.63) is 24.3 Å². The summed E-state index contributed by atoms with van der Waals surface area (Å²) in [6.45, 7) is 8.71. The molecule has 1 aromatic carbocycles. The van der Waals surface area contributed by atoms with Crippen molar-refractivity contribution in [1.29, 1.82) is 0 Å². The SMILES string of the molecule is CCOc1ccccc1NC(=O)C(C)(C)C(=O)N1CCN(C)CC1. The molecule has 0 spiro atoms. The molecule has 0 atom stereocenters. The highest BCUT2D eigenvalue weighted by molar-refractivity contribution is 6.10. The lowest BCUT2D eigenvalue weighted by Crippen LogP contribution is -2.53. The second-order valence-electron chi connectivity index (χ2n) is 6.60. The Labute approximate surface area is 143 Å². The van der Waals surface area contributed by atoms with Crippen molar-refractivity contribution < 1.29 is 14.3 Å². The summed E-state index contributed by atoms with van der Waals surface area (Å²) in [6.07, 6.45) is 0. The van der Waals surface area contributed by atoms with E-state index < -0.39 is 5.41 Å². The summed E-state index contributed by atoms with van der Waals surface area (Å²) in [4.78, 5) is 29.4. The average molecular weight is 333 g/mol. The van der Waals surface area contributed by atoms with E-state index in [4.69, 9.17) is 4.74 Å². The molecule has 1 fully saturated rings. The Morgan fingerprint density at radius 3 is 2.42 bits per heavy atom. The number of rotatable bonds is 5. The summed E-state index contributed by atoms with van der Waals surface area (Å²) in [5.41, 5.74) is -0.543. The number of para-hydroxylation sites is 2. The quantitative estimate of drug-likeness (QED) is 0.835. The highest BCUT2D eigenvalue weighted by Gasteiger charge is 2.40. The Bertz CT molecular complexity index is 593. The number of carbonyl (C=O) groups excluding carboxylic acids is 2. The molecule has 1 N–H and O–H groups in total. The Balaban J connectivity index is 2.08. The first-order chi connectivity index (χ1) is 11.4. The van der Waals surface area contributed by atoms with E-state index in [1.54, 1.807) is 30.9 Å². The summed E-state index contributed by atoms with van der Waals surface area (Å²) in [5.74, 6) is 0.150. The second-order valence-corrected chi connectivity index (χ2v) is 6.60. The predicted molar refractivity (Wildman–Crippen MR) is 94.1 cm³/mol. The number of nitrogens with one attached hydrogen (secondary N) is 1. The van der Waals surface area contributed by atoms with E-state index in [0.29, 0.717) is 31.1 Å². The van der Waals surface area contributed by atoms with Gasteiger partial charge in [-0.15, -0.1) is 0 Å². The van der Waals surface area contributed by atoms with Gasteiger partial charge in [0.25, 0.3) is 0 Å². The topological polar surface area (TPSA) is 61.9 Å². The summed E-state index contributed by atoms with van der Waals surface area (Å²) >= 11 is 0. The van der Waals surface area contributed by atoms with Gasteiger partial charge in [0.15, 0.2) is 0 Å². The fourth-order valence-electron chi connectivity index (χ4n) is 2.63. The molecule has 6 heteroatoms. The maximum Gasteiger partial charge on any atom is 0.239 e. The molecule has 2 amide bonds. The minimum Gasteiger partial charge on any atom is -0.492 e. The van der Waals surface area contributed by atoms with Crippen LogP contribution in [0.15, 0.2) is 24.3 Å². The van der Waals surface area contributed by atoms with Gasteiger partial charge < -0.3 is 19.9 Å². The van der Waals surface area contributed by atoms with Crippen LogP contribution >= 0.6 is 0 Å². The maximum absolute atomic E-state index is 12.8. The van der Waals surface area contributed by atoms with Crippen molar-refractivity contribution in [3.8, 4) is 5.75 Å². The van der Waals surface area contributed by atoms with Gasteiger partial charge in [-0.25, -0.2) is 0 Å². The van der Waals surface area contributed by atoms with Gasteiger partial charge in [-0.05, 0) is 40.0 Å². The summed E-state index contributed by atoms with van der Waals surface area (Å²) in [7, 11) is 2.03. The number of carbonyl (C=O) groups is 2. The van der Waals surface area contributed by atoms with Crippen LogP contribution in [0.3, 0.4) is 0 Å². The zero-order chi connectivity index (χ0) is 17.7. The van der Waals surface area contributed by atoms with E-state index in [0.717, 1.165) is 13.1 Å². The molecule has 2 rings (SSSR count). The molecule has 1 aliphatic heterocycles. The van der Waals surface area contributed by atoms with Crippen LogP contribution in [0, 0.1) is 5.41 Å². The largest absolute Gasteiger partial charge is 0.492 e. The Morgan fingerprint density at radius 1 is 1.17 bits per heavy atom. The molecule has 0 aromatic heterocycles. The molecule has 0 saturated carbocycles. The average Bonchev–Trinajstić information content (AvgIpc) is 2.57. The lowest BCUT2D eigenvalue weighted by atomic mass is 9.89. The molecular weight excluding hydrogens is 306 g/mol. The van der Waals surface area contributed by atoms with Gasteiger partial charge in [-0.3, -0.25) is 9.59 Å². The molecule has 1 aliphatic rings. The number of hydrogen-bond donors (Lipinski definition) is 1. The molecule has 132 valence electrons. The maximum atomic E-state index is 12.8. The van der Waals surface area contributed by atoms with Crippen LogP contribution in [0.25, 0.3) is 0 Å². The zero-order valence-electron chi connectivity index (χ0n) is 15.0. The summed E-state index contributed by atoms with van der Waals surface area (Å²) in [5, 5.41) is 2.84. The number of piperazine rings is 1. The van der Waals surface area contributed by atoms with E-state index in [2.05, 4.69) is 10.2 Å². The molecule has 1 aromatic rings. The van der Waals surface area contributed by atoms with E-state index in [9.17, 15) is 9.59 Å². The van der Waals surface area contributed by atoms with Crippen molar-refractivity contribution in [2.24, 2.45) is 5.41 Å². The highest BCUT2D eigenvalue weighted by Crippen LogP contribution is 2.28. The molecule has 0 aliphatic carbocycles. The summed E-state index contributed by atoms with van der Waals surface area (Å²) < 4.78 is 5.52. The molecule has 0 radical (unpaired) electrons. The van der Waals surface area contributed by atoms with Gasteiger partial charge in [0.2, 0.25) is 11.8 Å². The number of hydrogen-bond acceptors (Lipinski definition) is 4. The first-order valence-electron chi connectivity index (χ1n) is 8.37. The van der Waals surface area contributed by atoms with Gasteiger partial charge in [-0.2, -0.15) is 0 Å². The van der Waals surface area contributed by atoms with E-state index in [-0.39, 0.29) is 11.8 Å². The third kappa shape index (κ3) is 4.06. The Kier molecular flexibility index (Phi) is 5.83. The van der Waals surface area contributed by atoms with Gasteiger partial charge in [0, 0.05) is 26.2 Å². The normalized spacial score (nSPS) is 15.9. The van der Waals surface area contributed by atoms with Crippen molar-refractivity contribution in [3.63, 3.8) is 0 Å². The highest BCUT2D eigenvalue weighted by atomic mass is 16.5. The summed E-state index contributed by atoms with van der Waals surface area (Å²) in [6, 6.07) is 7.25. The van der Waals surface area contributed by atoms with E-state index in [1.165, 1.54) is 0 Å². The molecule has 24 heavy (non-hydrogen) atoms. The Morgan fingerprint density at radius 2 is 1.79 bits per heavy atom. The van der Waals surface area contributed by atoms with Crippen LogP contribution < -0.4 is 10.1 Å². The van der Waals surface area contributed by atoms with Crippen LogP contribution in [0.1, 0.15) is 20.8 Å². The fraction of sp³-hybridized carbons (Fsp3) is 0.556. The number of nitrogens with zero attached hydrogens (tertiary/aromatic N) is 2. The van der Waals surface area contributed by atoms with Crippen LogP contribution in [-0.4, -0.2) is 61.4 Å². The van der Waals surface area contributed by atoms with Crippen LogP contribution in [0.5, 0.6) is 5.75 Å². The minimum atomic E-state index is -1.13. The van der Waals surface area contributed by atoms with E-state index in [1.807, 2.05) is 26.1 Å². The van der Waals surface area contributed by atoms with Crippen LogP contribution in [0.2, 0.25) is 0 Å². The molecule has 1 saturated heterocycles. The minimum absolute atomic E-state index is 0.137. The van der Waals surface area contributed by atoms with E-state index >= 15 is 0 Å². The third-order valence-corrected chi connectivity index (χ3v) is 4.33. The smallest absolute Gasteiger partial charge is 0.239 e. The van der Waals surface area contributed by atoms with Gasteiger partial charge >= 0.3 is 0 Å². The van der Waals surface area contributed by atoms with Crippen LogP contribution in [0.4, 0.5) is 5.69 Å². The Hall–Kier alpha value is -2.08. The lowest BCUT2D eigenvalue weighted by Gasteiger charge is -2.36. The number of likely N-dealkylation sites (N-methyl/N-ethyl adjacent to an activating group) is 1. The fourth-order valence-corrected chi connectivity index (χ4v) is 2.63. The first kappa shape index (κ1) is 18.3. The van der Waals surface area contributed by atoms with Gasteiger partial charge in [0.1, 0.15) is 11.2 Å². The number of ether oxygens (including phenoxy) is 1. The van der Waals surface area contributed by atoms with Crippen LogP contribution in [-0.2, 0) is 9.59 Å².